The fraction of sp³-hybridized carbons (Fsp3) is 0.217. The van der Waals surface area contributed by atoms with Crippen LogP contribution < -0.4 is 14.4 Å². The number of hydrogen-bond donors (Lipinski definition) is 0. The van der Waals surface area contributed by atoms with Crippen molar-refractivity contribution in [2.75, 3.05) is 26.2 Å². The highest BCUT2D eigenvalue weighted by Gasteiger charge is 2.20. The van der Waals surface area contributed by atoms with Gasteiger partial charge in [0.05, 0.1) is 27.5 Å². The van der Waals surface area contributed by atoms with Gasteiger partial charge in [-0.25, -0.2) is 19.3 Å². The average molecular weight is 433 g/mol. The van der Waals surface area contributed by atoms with E-state index in [1.807, 2.05) is 48.5 Å². The molecule has 0 unspecified atom stereocenters. The minimum absolute atomic E-state index is 0.236. The van der Waals surface area contributed by atoms with E-state index < -0.39 is 5.97 Å². The van der Waals surface area contributed by atoms with Gasteiger partial charge in [-0.05, 0) is 35.4 Å². The van der Waals surface area contributed by atoms with Crippen molar-refractivity contribution < 1.29 is 19.0 Å². The van der Waals surface area contributed by atoms with Crippen molar-refractivity contribution >= 4 is 17.4 Å². The van der Waals surface area contributed by atoms with Gasteiger partial charge in [0.15, 0.2) is 17.2 Å². The number of methoxy groups -OCH3 is 3. The molecule has 0 radical (unpaired) electrons. The monoisotopic (exact) mass is 433 g/mol. The summed E-state index contributed by atoms with van der Waals surface area (Å²) in [6, 6.07) is 15.7. The number of carbonyl (C=O) groups excluding carboxylic acids is 1. The molecule has 0 N–H and O–H groups in total. The van der Waals surface area contributed by atoms with Gasteiger partial charge in [-0.3, -0.25) is 0 Å². The number of carbonyl (C=O) groups is 1. The second-order valence-corrected chi connectivity index (χ2v) is 7.01. The molecule has 0 bridgehead atoms. The maximum absolute atomic E-state index is 12.1. The van der Waals surface area contributed by atoms with Gasteiger partial charge >= 0.3 is 5.97 Å². The van der Waals surface area contributed by atoms with Crippen LogP contribution in [-0.2, 0) is 17.8 Å². The Bertz CT molecular complexity index is 1160. The van der Waals surface area contributed by atoms with Gasteiger partial charge in [0.25, 0.3) is 0 Å². The molecule has 0 aliphatic heterocycles. The first-order valence-corrected chi connectivity index (χ1v) is 9.90. The first-order chi connectivity index (χ1) is 15.6. The Morgan fingerprint density at radius 2 is 1.44 bits per heavy atom. The van der Waals surface area contributed by atoms with E-state index in [9.17, 15) is 4.79 Å². The average Bonchev–Trinajstić information content (AvgIpc) is 3.28. The summed E-state index contributed by atoms with van der Waals surface area (Å²) in [7, 11) is 4.60. The van der Waals surface area contributed by atoms with E-state index in [2.05, 4.69) is 20.0 Å². The van der Waals surface area contributed by atoms with Crippen LogP contribution in [-0.4, -0.2) is 46.9 Å². The van der Waals surface area contributed by atoms with Crippen molar-refractivity contribution in [1.82, 2.24) is 19.6 Å². The van der Waals surface area contributed by atoms with E-state index in [0.717, 1.165) is 22.6 Å². The smallest absolute Gasteiger partial charge is 0.358 e. The van der Waals surface area contributed by atoms with E-state index >= 15 is 0 Å². The molecular weight excluding hydrogens is 410 g/mol. The molecule has 32 heavy (non-hydrogen) atoms. The van der Waals surface area contributed by atoms with Crippen LogP contribution in [0.3, 0.4) is 0 Å². The second-order valence-electron chi connectivity index (χ2n) is 7.01. The normalized spacial score (nSPS) is 10.7. The molecule has 9 nitrogen and oxygen atoms in total. The predicted molar refractivity (Wildman–Crippen MR) is 118 cm³/mol. The van der Waals surface area contributed by atoms with Gasteiger partial charge in [0.2, 0.25) is 0 Å². The third-order valence-electron chi connectivity index (χ3n) is 5.04. The molecule has 9 heteroatoms. The van der Waals surface area contributed by atoms with Crippen LogP contribution >= 0.6 is 0 Å². The summed E-state index contributed by atoms with van der Waals surface area (Å²) < 4.78 is 16.8. The lowest BCUT2D eigenvalue weighted by Crippen LogP contribution is -2.24. The molecule has 0 spiro atoms. The molecule has 0 fully saturated rings. The third kappa shape index (κ3) is 4.31. The van der Waals surface area contributed by atoms with Crippen LogP contribution in [0.4, 0.5) is 5.82 Å². The number of ether oxygens (including phenoxy) is 3. The van der Waals surface area contributed by atoms with Crippen molar-refractivity contribution in [2.24, 2.45) is 0 Å². The molecule has 2 aromatic carbocycles. The lowest BCUT2D eigenvalue weighted by Gasteiger charge is -2.24. The fourth-order valence-corrected chi connectivity index (χ4v) is 3.38. The summed E-state index contributed by atoms with van der Waals surface area (Å²) in [5, 5.41) is 4.20. The standard InChI is InChI=1S/C23H23N5O4/c1-30-18-8-4-16(5-9-18)13-27(14-17-6-10-19(31-2)11-7-17)21-22-24-12-20(23(29)32-3)28(22)26-15-25-21/h4-12,15H,13-14H2,1-3H3. The van der Waals surface area contributed by atoms with Crippen LogP contribution in [0.15, 0.2) is 61.1 Å². The minimum atomic E-state index is -0.515. The van der Waals surface area contributed by atoms with Crippen molar-refractivity contribution in [3.8, 4) is 11.5 Å². The zero-order valence-electron chi connectivity index (χ0n) is 18.1. The van der Waals surface area contributed by atoms with E-state index in [4.69, 9.17) is 14.2 Å². The van der Waals surface area contributed by atoms with Crippen LogP contribution in [0.1, 0.15) is 21.6 Å². The predicted octanol–water partition coefficient (Wildman–Crippen LogP) is 3.13. The second kappa shape index (κ2) is 9.34. The molecular formula is C23H23N5O4. The van der Waals surface area contributed by atoms with Crippen molar-refractivity contribution in [3.63, 3.8) is 0 Å². The largest absolute Gasteiger partial charge is 0.497 e. The van der Waals surface area contributed by atoms with Gasteiger partial charge in [-0.2, -0.15) is 5.10 Å². The Balaban J connectivity index is 1.73. The number of esters is 1. The summed E-state index contributed by atoms with van der Waals surface area (Å²) in [5.41, 5.74) is 2.83. The zero-order valence-corrected chi connectivity index (χ0v) is 18.1. The molecule has 2 heterocycles. The minimum Gasteiger partial charge on any atom is -0.497 e. The number of rotatable bonds is 8. The van der Waals surface area contributed by atoms with Crippen LogP contribution in [0.5, 0.6) is 11.5 Å². The molecule has 0 saturated heterocycles. The van der Waals surface area contributed by atoms with Crippen molar-refractivity contribution in [1.29, 1.82) is 0 Å². The van der Waals surface area contributed by atoms with Gasteiger partial charge < -0.3 is 19.1 Å². The molecule has 0 aliphatic carbocycles. The maximum Gasteiger partial charge on any atom is 0.358 e. The highest BCUT2D eigenvalue weighted by molar-refractivity contribution is 5.88. The lowest BCUT2D eigenvalue weighted by molar-refractivity contribution is 0.0591. The summed E-state index contributed by atoms with van der Waals surface area (Å²) >= 11 is 0. The number of fused-ring (bicyclic) bond motifs is 1. The van der Waals surface area contributed by atoms with E-state index in [0.29, 0.717) is 24.6 Å². The third-order valence-corrected chi connectivity index (χ3v) is 5.04. The summed E-state index contributed by atoms with van der Waals surface area (Å²) in [5.74, 6) is 1.66. The van der Waals surface area contributed by atoms with Gasteiger partial charge in [-0.15, -0.1) is 0 Å². The van der Waals surface area contributed by atoms with E-state index in [1.165, 1.54) is 24.1 Å². The van der Waals surface area contributed by atoms with Gasteiger partial charge in [0, 0.05) is 13.1 Å². The lowest BCUT2D eigenvalue weighted by atomic mass is 10.1. The van der Waals surface area contributed by atoms with Gasteiger partial charge in [-0.1, -0.05) is 24.3 Å². The number of nitrogens with zero attached hydrogens (tertiary/aromatic N) is 5. The first kappa shape index (κ1) is 21.1. The molecule has 0 aliphatic rings. The molecule has 0 atom stereocenters. The molecule has 164 valence electrons. The molecule has 0 saturated carbocycles. The van der Waals surface area contributed by atoms with Crippen LogP contribution in [0, 0.1) is 0 Å². The Labute approximate surface area is 185 Å². The van der Waals surface area contributed by atoms with Crippen molar-refractivity contribution in [2.45, 2.75) is 13.1 Å². The van der Waals surface area contributed by atoms with Gasteiger partial charge in [0.1, 0.15) is 17.8 Å². The number of aromatic nitrogens is 4. The highest BCUT2D eigenvalue weighted by Crippen LogP contribution is 2.24. The summed E-state index contributed by atoms with van der Waals surface area (Å²) in [6.45, 7) is 1.12. The Kier molecular flexibility index (Phi) is 6.16. The number of imidazole rings is 1. The quantitative estimate of drug-likeness (QED) is 0.392. The Morgan fingerprint density at radius 3 is 1.94 bits per heavy atom. The zero-order chi connectivity index (χ0) is 22.5. The fourth-order valence-electron chi connectivity index (χ4n) is 3.38. The molecule has 2 aromatic heterocycles. The highest BCUT2D eigenvalue weighted by atomic mass is 16.5. The summed E-state index contributed by atoms with van der Waals surface area (Å²) in [6.07, 6.45) is 2.85. The molecule has 0 amide bonds. The number of anilines is 1. The first-order valence-electron chi connectivity index (χ1n) is 9.90. The van der Waals surface area contributed by atoms with Crippen molar-refractivity contribution in [3.05, 3.63) is 77.9 Å². The Hall–Kier alpha value is -4.14. The maximum atomic E-state index is 12.1. The van der Waals surface area contributed by atoms with Crippen LogP contribution in [0.25, 0.3) is 5.65 Å². The van der Waals surface area contributed by atoms with E-state index in [-0.39, 0.29) is 5.69 Å². The van der Waals surface area contributed by atoms with Crippen LogP contribution in [0.2, 0.25) is 0 Å². The topological polar surface area (TPSA) is 91.1 Å². The molecule has 4 aromatic rings. The number of hydrogen-bond acceptors (Lipinski definition) is 8. The summed E-state index contributed by atoms with van der Waals surface area (Å²) in [4.78, 5) is 23.1. The van der Waals surface area contributed by atoms with E-state index in [1.54, 1.807) is 14.2 Å². The molecule has 4 rings (SSSR count). The number of benzene rings is 2. The SMILES string of the molecule is COC(=O)c1cnc2c(N(Cc3ccc(OC)cc3)Cc3ccc(OC)cc3)ncnn12. The Morgan fingerprint density at radius 1 is 0.875 bits per heavy atom.